The van der Waals surface area contributed by atoms with Crippen molar-refractivity contribution in [1.82, 2.24) is 15.1 Å². The first kappa shape index (κ1) is 15.7. The van der Waals surface area contributed by atoms with E-state index in [4.69, 9.17) is 0 Å². The third kappa shape index (κ3) is 2.99. The third-order valence-corrected chi connectivity index (χ3v) is 5.67. The Morgan fingerprint density at radius 1 is 1.23 bits per heavy atom. The molecule has 2 saturated heterocycles. The Morgan fingerprint density at radius 2 is 2.05 bits per heavy atom. The van der Waals surface area contributed by atoms with Crippen LogP contribution >= 0.6 is 0 Å². The number of carbonyl (C=O) groups is 2. The molecule has 6 heteroatoms. The largest absolute Gasteiger partial charge is 0.390 e. The first-order valence-electron chi connectivity index (χ1n) is 8.54. The van der Waals surface area contributed by atoms with Gasteiger partial charge < -0.3 is 10.4 Å². The molecule has 1 saturated carbocycles. The van der Waals surface area contributed by atoms with E-state index < -0.39 is 5.60 Å². The fraction of sp³-hybridized carbons (Fsp3) is 0.875. The fourth-order valence-corrected chi connectivity index (χ4v) is 4.45. The van der Waals surface area contributed by atoms with Crippen molar-refractivity contribution >= 4 is 11.9 Å². The molecule has 0 bridgehead atoms. The lowest BCUT2D eigenvalue weighted by Crippen LogP contribution is -2.50. The average Bonchev–Trinajstić information content (AvgIpc) is 3.04. The molecular weight excluding hydrogens is 282 g/mol. The van der Waals surface area contributed by atoms with Crippen LogP contribution in [-0.4, -0.2) is 64.7 Å². The fourth-order valence-electron chi connectivity index (χ4n) is 4.45. The van der Waals surface area contributed by atoms with Gasteiger partial charge in [0.15, 0.2) is 0 Å². The standard InChI is InChI=1S/C16H27N3O3/c1-16(22)7-3-2-5-12(16)13-6-4-8-18(13)9-10-19-14(20)11-17-15(19)21/h12-13,22H,2-11H2,1H3,(H,17,21)/t12-,13+,16-/m0/s1. The molecule has 6 nitrogen and oxygen atoms in total. The van der Waals surface area contributed by atoms with E-state index in [1.807, 2.05) is 6.92 Å². The van der Waals surface area contributed by atoms with Gasteiger partial charge in [-0.1, -0.05) is 12.8 Å². The molecule has 0 aromatic rings. The van der Waals surface area contributed by atoms with Crippen molar-refractivity contribution in [3.8, 4) is 0 Å². The van der Waals surface area contributed by atoms with Crippen LogP contribution in [-0.2, 0) is 4.79 Å². The summed E-state index contributed by atoms with van der Waals surface area (Å²) in [6, 6.07) is 0.112. The maximum absolute atomic E-state index is 11.7. The van der Waals surface area contributed by atoms with E-state index in [9.17, 15) is 14.7 Å². The zero-order valence-electron chi connectivity index (χ0n) is 13.4. The Morgan fingerprint density at radius 3 is 2.73 bits per heavy atom. The molecule has 2 heterocycles. The molecule has 0 unspecified atom stereocenters. The number of hydrogen-bond acceptors (Lipinski definition) is 4. The molecule has 0 radical (unpaired) electrons. The number of rotatable bonds is 4. The highest BCUT2D eigenvalue weighted by Crippen LogP contribution is 2.40. The molecule has 0 aromatic heterocycles. The Labute approximate surface area is 131 Å². The van der Waals surface area contributed by atoms with E-state index in [1.54, 1.807) is 0 Å². The molecule has 3 aliphatic rings. The third-order valence-electron chi connectivity index (χ3n) is 5.67. The molecule has 0 aromatic carbocycles. The predicted octanol–water partition coefficient (Wildman–Crippen LogP) is 0.944. The second-order valence-corrected chi connectivity index (χ2v) is 7.16. The van der Waals surface area contributed by atoms with Crippen molar-refractivity contribution in [2.75, 3.05) is 26.2 Å². The van der Waals surface area contributed by atoms with E-state index in [2.05, 4.69) is 10.2 Å². The lowest BCUT2D eigenvalue weighted by molar-refractivity contribution is -0.125. The summed E-state index contributed by atoms with van der Waals surface area (Å²) in [5, 5.41) is 13.3. The normalized spacial score (nSPS) is 36.9. The summed E-state index contributed by atoms with van der Waals surface area (Å²) in [7, 11) is 0. The van der Waals surface area contributed by atoms with Gasteiger partial charge in [0, 0.05) is 25.0 Å². The highest BCUT2D eigenvalue weighted by Gasteiger charge is 2.43. The Hall–Kier alpha value is -1.14. The minimum Gasteiger partial charge on any atom is -0.390 e. The second-order valence-electron chi connectivity index (χ2n) is 7.16. The first-order chi connectivity index (χ1) is 10.5. The maximum atomic E-state index is 11.7. The van der Waals surface area contributed by atoms with Crippen LogP contribution in [0.15, 0.2) is 0 Å². The maximum Gasteiger partial charge on any atom is 0.324 e. The van der Waals surface area contributed by atoms with Crippen LogP contribution in [0.4, 0.5) is 4.79 Å². The van der Waals surface area contributed by atoms with Crippen molar-refractivity contribution in [2.24, 2.45) is 5.92 Å². The van der Waals surface area contributed by atoms with Gasteiger partial charge in [0.1, 0.15) is 0 Å². The monoisotopic (exact) mass is 309 g/mol. The number of amides is 3. The second kappa shape index (κ2) is 6.16. The van der Waals surface area contributed by atoms with Crippen LogP contribution < -0.4 is 5.32 Å². The molecular formula is C16H27N3O3. The van der Waals surface area contributed by atoms with E-state index in [0.717, 1.165) is 45.2 Å². The van der Waals surface area contributed by atoms with Crippen LogP contribution in [0.5, 0.6) is 0 Å². The van der Waals surface area contributed by atoms with E-state index in [0.29, 0.717) is 18.5 Å². The van der Waals surface area contributed by atoms with Gasteiger partial charge in [0.25, 0.3) is 0 Å². The van der Waals surface area contributed by atoms with Crippen molar-refractivity contribution in [1.29, 1.82) is 0 Å². The predicted molar refractivity (Wildman–Crippen MR) is 82.3 cm³/mol. The summed E-state index contributed by atoms with van der Waals surface area (Å²) in [5.41, 5.74) is -0.577. The van der Waals surface area contributed by atoms with Crippen molar-refractivity contribution in [3.05, 3.63) is 0 Å². The van der Waals surface area contributed by atoms with E-state index in [1.165, 1.54) is 11.3 Å². The minimum absolute atomic E-state index is 0.125. The summed E-state index contributed by atoms with van der Waals surface area (Å²) < 4.78 is 0. The van der Waals surface area contributed by atoms with E-state index >= 15 is 0 Å². The summed E-state index contributed by atoms with van der Waals surface area (Å²) in [4.78, 5) is 27.0. The molecule has 2 aliphatic heterocycles. The van der Waals surface area contributed by atoms with Gasteiger partial charge in [-0.15, -0.1) is 0 Å². The summed E-state index contributed by atoms with van der Waals surface area (Å²) in [6.07, 6.45) is 6.52. The van der Waals surface area contributed by atoms with Crippen LogP contribution in [0.1, 0.15) is 45.4 Å². The molecule has 3 rings (SSSR count). The first-order valence-corrected chi connectivity index (χ1v) is 8.54. The van der Waals surface area contributed by atoms with Gasteiger partial charge in [-0.2, -0.15) is 0 Å². The van der Waals surface area contributed by atoms with Crippen LogP contribution in [0, 0.1) is 5.92 Å². The minimum atomic E-state index is -0.577. The van der Waals surface area contributed by atoms with Crippen LogP contribution in [0.3, 0.4) is 0 Å². The molecule has 124 valence electrons. The molecule has 3 fully saturated rings. The highest BCUT2D eigenvalue weighted by molar-refractivity contribution is 6.01. The lowest BCUT2D eigenvalue weighted by atomic mass is 9.72. The van der Waals surface area contributed by atoms with Crippen LogP contribution in [0.2, 0.25) is 0 Å². The molecule has 2 N–H and O–H groups in total. The number of nitrogens with one attached hydrogen (secondary N) is 1. The van der Waals surface area contributed by atoms with Gasteiger partial charge in [0.2, 0.25) is 5.91 Å². The Balaban J connectivity index is 1.61. The van der Waals surface area contributed by atoms with Gasteiger partial charge >= 0.3 is 6.03 Å². The Bertz CT molecular complexity index is 436. The van der Waals surface area contributed by atoms with Gasteiger partial charge in [-0.05, 0) is 39.2 Å². The van der Waals surface area contributed by atoms with Gasteiger partial charge in [-0.3, -0.25) is 14.6 Å². The summed E-state index contributed by atoms with van der Waals surface area (Å²) in [5.74, 6) is 0.178. The van der Waals surface area contributed by atoms with Gasteiger partial charge in [-0.25, -0.2) is 4.79 Å². The molecule has 3 amide bonds. The molecule has 0 spiro atoms. The number of aliphatic hydroxyl groups is 1. The molecule has 22 heavy (non-hydrogen) atoms. The number of carbonyl (C=O) groups excluding carboxylic acids is 2. The van der Waals surface area contributed by atoms with E-state index in [-0.39, 0.29) is 18.5 Å². The highest BCUT2D eigenvalue weighted by atomic mass is 16.3. The van der Waals surface area contributed by atoms with Crippen molar-refractivity contribution in [3.63, 3.8) is 0 Å². The zero-order chi connectivity index (χ0) is 15.7. The number of nitrogens with zero attached hydrogens (tertiary/aromatic N) is 2. The molecule has 1 aliphatic carbocycles. The lowest BCUT2D eigenvalue weighted by Gasteiger charge is -2.43. The van der Waals surface area contributed by atoms with Gasteiger partial charge in [0.05, 0.1) is 12.1 Å². The number of hydrogen-bond donors (Lipinski definition) is 2. The topological polar surface area (TPSA) is 72.9 Å². The SMILES string of the molecule is C[C@]1(O)CCCC[C@H]1[C@H]1CCCN1CCN1C(=O)CNC1=O. The number of likely N-dealkylation sites (tertiary alicyclic amines) is 1. The van der Waals surface area contributed by atoms with Crippen molar-refractivity contribution in [2.45, 2.75) is 57.1 Å². The van der Waals surface area contributed by atoms with Crippen molar-refractivity contribution < 1.29 is 14.7 Å². The Kier molecular flexibility index (Phi) is 4.41. The average molecular weight is 309 g/mol. The number of urea groups is 1. The smallest absolute Gasteiger partial charge is 0.324 e. The summed E-state index contributed by atoms with van der Waals surface area (Å²) in [6.45, 7) is 4.28. The number of imide groups is 1. The zero-order valence-corrected chi connectivity index (χ0v) is 13.4. The summed E-state index contributed by atoms with van der Waals surface area (Å²) >= 11 is 0. The quantitative estimate of drug-likeness (QED) is 0.758. The molecule has 3 atom stereocenters. The van der Waals surface area contributed by atoms with Crippen LogP contribution in [0.25, 0.3) is 0 Å².